The van der Waals surface area contributed by atoms with E-state index in [-0.39, 0.29) is 0 Å². The first kappa shape index (κ1) is 12.4. The van der Waals surface area contributed by atoms with Crippen molar-refractivity contribution in [3.05, 3.63) is 29.3 Å². The molecule has 0 spiro atoms. The summed E-state index contributed by atoms with van der Waals surface area (Å²) < 4.78 is 10.9. The molecule has 1 aromatic carbocycles. The molecular weight excluding hydrogens is 214 g/mol. The van der Waals surface area contributed by atoms with Gasteiger partial charge in [-0.1, -0.05) is 18.2 Å². The highest BCUT2D eigenvalue weighted by atomic mass is 16.5. The third-order valence-electron chi connectivity index (χ3n) is 3.37. The second kappa shape index (κ2) is 5.07. The van der Waals surface area contributed by atoms with Gasteiger partial charge in [-0.05, 0) is 31.7 Å². The van der Waals surface area contributed by atoms with Crippen molar-refractivity contribution in [2.24, 2.45) is 5.73 Å². The maximum absolute atomic E-state index is 6.39. The van der Waals surface area contributed by atoms with Gasteiger partial charge in [-0.3, -0.25) is 0 Å². The Balaban J connectivity index is 2.31. The van der Waals surface area contributed by atoms with Gasteiger partial charge in [0.05, 0.1) is 6.61 Å². The molecule has 1 aliphatic rings. The number of ether oxygens (including phenoxy) is 2. The molecule has 0 radical (unpaired) electrons. The molecule has 0 fully saturated rings. The molecule has 1 aliphatic heterocycles. The Morgan fingerprint density at radius 1 is 1.47 bits per heavy atom. The summed E-state index contributed by atoms with van der Waals surface area (Å²) in [7, 11) is 1.70. The van der Waals surface area contributed by atoms with Gasteiger partial charge in [-0.2, -0.15) is 0 Å². The lowest BCUT2D eigenvalue weighted by Crippen LogP contribution is -2.35. The van der Waals surface area contributed by atoms with E-state index in [1.165, 1.54) is 5.56 Å². The van der Waals surface area contributed by atoms with Crippen LogP contribution in [0.15, 0.2) is 18.2 Å². The van der Waals surface area contributed by atoms with Crippen LogP contribution in [0, 0.1) is 0 Å². The average molecular weight is 235 g/mol. The van der Waals surface area contributed by atoms with Gasteiger partial charge in [0, 0.05) is 24.8 Å². The van der Waals surface area contributed by atoms with Gasteiger partial charge in [-0.25, -0.2) is 0 Å². The van der Waals surface area contributed by atoms with Crippen LogP contribution in [0.4, 0.5) is 0 Å². The van der Waals surface area contributed by atoms with Gasteiger partial charge < -0.3 is 15.2 Å². The van der Waals surface area contributed by atoms with Crippen molar-refractivity contribution >= 4 is 0 Å². The first-order valence-electron chi connectivity index (χ1n) is 6.18. The van der Waals surface area contributed by atoms with E-state index in [0.29, 0.717) is 6.61 Å². The molecule has 0 bridgehead atoms. The van der Waals surface area contributed by atoms with Gasteiger partial charge in [-0.15, -0.1) is 0 Å². The first-order valence-corrected chi connectivity index (χ1v) is 6.18. The standard InChI is InChI=1S/C14H21NO2/c1-14(15,8-10-16-2)12-7-3-5-11-6-4-9-17-13(11)12/h3,5,7H,4,6,8-10,15H2,1-2H3. The second-order valence-electron chi connectivity index (χ2n) is 4.91. The molecule has 2 N–H and O–H groups in total. The van der Waals surface area contributed by atoms with Crippen molar-refractivity contribution in [3.8, 4) is 5.75 Å². The minimum atomic E-state index is -0.390. The molecule has 0 aliphatic carbocycles. The Hall–Kier alpha value is -1.06. The summed E-state index contributed by atoms with van der Waals surface area (Å²) in [6.45, 7) is 3.50. The molecule has 2 rings (SSSR count). The van der Waals surface area contributed by atoms with E-state index in [0.717, 1.165) is 37.2 Å². The van der Waals surface area contributed by atoms with Crippen LogP contribution in [-0.2, 0) is 16.7 Å². The number of para-hydroxylation sites is 1. The Morgan fingerprint density at radius 3 is 3.06 bits per heavy atom. The molecule has 0 saturated heterocycles. The van der Waals surface area contributed by atoms with E-state index in [1.54, 1.807) is 7.11 Å². The lowest BCUT2D eigenvalue weighted by Gasteiger charge is -2.30. The number of hydrogen-bond acceptors (Lipinski definition) is 3. The summed E-state index contributed by atoms with van der Waals surface area (Å²) in [4.78, 5) is 0. The Bertz CT molecular complexity index is 388. The predicted molar refractivity (Wildman–Crippen MR) is 68.3 cm³/mol. The maximum Gasteiger partial charge on any atom is 0.127 e. The molecule has 1 heterocycles. The molecule has 0 amide bonds. The molecule has 17 heavy (non-hydrogen) atoms. The fourth-order valence-electron chi connectivity index (χ4n) is 2.29. The topological polar surface area (TPSA) is 44.5 Å². The molecular formula is C14H21NO2. The largest absolute Gasteiger partial charge is 0.493 e. The zero-order valence-electron chi connectivity index (χ0n) is 10.7. The van der Waals surface area contributed by atoms with E-state index in [1.807, 2.05) is 6.92 Å². The van der Waals surface area contributed by atoms with Crippen LogP contribution >= 0.6 is 0 Å². The number of nitrogens with two attached hydrogens (primary N) is 1. The fourth-order valence-corrected chi connectivity index (χ4v) is 2.29. The van der Waals surface area contributed by atoms with Crippen LogP contribution in [0.2, 0.25) is 0 Å². The van der Waals surface area contributed by atoms with Gasteiger partial charge in [0.15, 0.2) is 0 Å². The monoisotopic (exact) mass is 235 g/mol. The van der Waals surface area contributed by atoms with E-state index in [4.69, 9.17) is 15.2 Å². The highest BCUT2D eigenvalue weighted by molar-refractivity contribution is 5.46. The van der Waals surface area contributed by atoms with Crippen LogP contribution in [-0.4, -0.2) is 20.3 Å². The average Bonchev–Trinajstić information content (AvgIpc) is 2.36. The normalized spacial score (nSPS) is 18.1. The Kier molecular flexibility index (Phi) is 3.69. The van der Waals surface area contributed by atoms with E-state index in [2.05, 4.69) is 18.2 Å². The number of hydrogen-bond donors (Lipinski definition) is 1. The minimum Gasteiger partial charge on any atom is -0.493 e. The summed E-state index contributed by atoms with van der Waals surface area (Å²) in [5, 5.41) is 0. The molecule has 3 heteroatoms. The van der Waals surface area contributed by atoms with Crippen LogP contribution in [0.3, 0.4) is 0 Å². The number of methoxy groups -OCH3 is 1. The lowest BCUT2D eigenvalue weighted by molar-refractivity contribution is 0.170. The molecule has 1 unspecified atom stereocenters. The summed E-state index contributed by atoms with van der Waals surface area (Å²) in [5.41, 5.74) is 8.38. The molecule has 3 nitrogen and oxygen atoms in total. The summed E-state index contributed by atoms with van der Waals surface area (Å²) >= 11 is 0. The number of benzene rings is 1. The second-order valence-corrected chi connectivity index (χ2v) is 4.91. The quantitative estimate of drug-likeness (QED) is 0.870. The molecule has 0 saturated carbocycles. The Labute approximate surface area is 103 Å². The molecule has 94 valence electrons. The lowest BCUT2D eigenvalue weighted by atomic mass is 9.87. The SMILES string of the molecule is COCCC(C)(N)c1cccc2c1OCCC2. The van der Waals surface area contributed by atoms with Crippen LogP contribution in [0.1, 0.15) is 30.9 Å². The summed E-state index contributed by atoms with van der Waals surface area (Å²) in [6, 6.07) is 6.27. The van der Waals surface area contributed by atoms with E-state index >= 15 is 0 Å². The fraction of sp³-hybridized carbons (Fsp3) is 0.571. The van der Waals surface area contributed by atoms with E-state index in [9.17, 15) is 0 Å². The minimum absolute atomic E-state index is 0.390. The zero-order valence-corrected chi connectivity index (χ0v) is 10.7. The third-order valence-corrected chi connectivity index (χ3v) is 3.37. The van der Waals surface area contributed by atoms with Gasteiger partial charge in [0.2, 0.25) is 0 Å². The van der Waals surface area contributed by atoms with Crippen molar-refractivity contribution < 1.29 is 9.47 Å². The number of aryl methyl sites for hydroxylation is 1. The maximum atomic E-state index is 6.39. The zero-order chi connectivity index (χ0) is 12.3. The van der Waals surface area contributed by atoms with Crippen molar-refractivity contribution in [2.45, 2.75) is 31.7 Å². The first-order chi connectivity index (χ1) is 8.15. The van der Waals surface area contributed by atoms with Crippen LogP contribution < -0.4 is 10.5 Å². The van der Waals surface area contributed by atoms with Gasteiger partial charge in [0.25, 0.3) is 0 Å². The molecule has 1 atom stereocenters. The molecule has 0 aromatic heterocycles. The number of rotatable bonds is 4. The van der Waals surface area contributed by atoms with Crippen molar-refractivity contribution in [1.29, 1.82) is 0 Å². The van der Waals surface area contributed by atoms with Crippen molar-refractivity contribution in [2.75, 3.05) is 20.3 Å². The predicted octanol–water partition coefficient (Wildman–Crippen LogP) is 2.22. The number of fused-ring (bicyclic) bond motifs is 1. The Morgan fingerprint density at radius 2 is 2.29 bits per heavy atom. The summed E-state index contributed by atoms with van der Waals surface area (Å²) in [5.74, 6) is 1.000. The smallest absolute Gasteiger partial charge is 0.127 e. The highest BCUT2D eigenvalue weighted by Crippen LogP contribution is 2.36. The summed E-state index contributed by atoms with van der Waals surface area (Å²) in [6.07, 6.45) is 2.97. The van der Waals surface area contributed by atoms with Crippen molar-refractivity contribution in [3.63, 3.8) is 0 Å². The van der Waals surface area contributed by atoms with Gasteiger partial charge >= 0.3 is 0 Å². The van der Waals surface area contributed by atoms with Crippen LogP contribution in [0.25, 0.3) is 0 Å². The third kappa shape index (κ3) is 2.61. The van der Waals surface area contributed by atoms with E-state index < -0.39 is 5.54 Å². The highest BCUT2D eigenvalue weighted by Gasteiger charge is 2.27. The van der Waals surface area contributed by atoms with Crippen molar-refractivity contribution in [1.82, 2.24) is 0 Å². The van der Waals surface area contributed by atoms with Crippen LogP contribution in [0.5, 0.6) is 5.75 Å². The van der Waals surface area contributed by atoms with Gasteiger partial charge in [0.1, 0.15) is 5.75 Å². The molecule has 1 aromatic rings.